The zero-order valence-corrected chi connectivity index (χ0v) is 11.1. The number of aromatic amines is 1. The number of carbonyl (C=O) groups excluding carboxylic acids is 2. The second-order valence-electron chi connectivity index (χ2n) is 4.16. The van der Waals surface area contributed by atoms with Gasteiger partial charge in [0.1, 0.15) is 5.82 Å². The maximum absolute atomic E-state index is 12.0. The summed E-state index contributed by atoms with van der Waals surface area (Å²) in [5.41, 5.74) is 0. The summed E-state index contributed by atoms with van der Waals surface area (Å²) >= 11 is 0. The molecule has 1 aromatic rings. The zero-order chi connectivity index (χ0) is 14.1. The van der Waals surface area contributed by atoms with E-state index in [0.29, 0.717) is 31.8 Å². The van der Waals surface area contributed by atoms with E-state index in [9.17, 15) is 9.59 Å². The number of hydrogen-bond donors (Lipinski definition) is 3. The Morgan fingerprint density at radius 3 is 2.89 bits per heavy atom. The molecule has 19 heavy (non-hydrogen) atoms. The van der Waals surface area contributed by atoms with E-state index in [1.807, 2.05) is 0 Å². The molecule has 0 saturated carbocycles. The van der Waals surface area contributed by atoms with E-state index in [0.717, 1.165) is 0 Å². The van der Waals surface area contributed by atoms with Gasteiger partial charge in [0.2, 0.25) is 11.8 Å². The molecule has 1 rings (SSSR count). The van der Waals surface area contributed by atoms with Crippen molar-refractivity contribution in [1.82, 2.24) is 20.2 Å². The fourth-order valence-electron chi connectivity index (χ4n) is 1.64. The molecule has 7 heteroatoms. The first-order valence-corrected chi connectivity index (χ1v) is 6.25. The van der Waals surface area contributed by atoms with Gasteiger partial charge in [-0.3, -0.25) is 9.59 Å². The van der Waals surface area contributed by atoms with Crippen molar-refractivity contribution in [1.29, 1.82) is 0 Å². The van der Waals surface area contributed by atoms with E-state index in [1.165, 1.54) is 6.92 Å². The zero-order valence-electron chi connectivity index (χ0n) is 11.1. The Kier molecular flexibility index (Phi) is 6.59. The highest BCUT2D eigenvalue weighted by atomic mass is 16.3. The molecule has 1 heterocycles. The summed E-state index contributed by atoms with van der Waals surface area (Å²) in [5.74, 6) is 0.523. The van der Waals surface area contributed by atoms with Gasteiger partial charge in [0.25, 0.3) is 0 Å². The highest BCUT2D eigenvalue weighted by molar-refractivity contribution is 5.76. The number of hydrogen-bond acceptors (Lipinski definition) is 4. The van der Waals surface area contributed by atoms with Crippen LogP contribution in [0, 0.1) is 0 Å². The maximum Gasteiger partial charge on any atom is 0.223 e. The summed E-state index contributed by atoms with van der Waals surface area (Å²) in [4.78, 5) is 31.2. The monoisotopic (exact) mass is 268 g/mol. The molecule has 0 saturated heterocycles. The summed E-state index contributed by atoms with van der Waals surface area (Å²) in [6.07, 6.45) is 4.22. The third-order valence-corrected chi connectivity index (χ3v) is 2.56. The first-order chi connectivity index (χ1) is 9.13. The number of amides is 2. The summed E-state index contributed by atoms with van der Waals surface area (Å²) < 4.78 is 0. The number of aromatic nitrogens is 2. The van der Waals surface area contributed by atoms with Crippen molar-refractivity contribution in [3.8, 4) is 0 Å². The van der Waals surface area contributed by atoms with E-state index in [4.69, 9.17) is 5.11 Å². The first kappa shape index (κ1) is 15.2. The minimum Gasteiger partial charge on any atom is -0.395 e. The number of aliphatic hydroxyl groups is 1. The Morgan fingerprint density at radius 2 is 2.32 bits per heavy atom. The molecule has 1 aromatic heterocycles. The Labute approximate surface area is 112 Å². The summed E-state index contributed by atoms with van der Waals surface area (Å²) in [5, 5.41) is 11.6. The van der Waals surface area contributed by atoms with Crippen LogP contribution in [0.15, 0.2) is 12.4 Å². The van der Waals surface area contributed by atoms with Crippen LogP contribution in [0.25, 0.3) is 0 Å². The van der Waals surface area contributed by atoms with Gasteiger partial charge in [-0.2, -0.15) is 0 Å². The molecule has 0 radical (unpaired) electrons. The molecule has 0 aliphatic carbocycles. The number of nitrogens with one attached hydrogen (secondary N) is 2. The summed E-state index contributed by atoms with van der Waals surface area (Å²) in [6.45, 7) is 2.47. The lowest BCUT2D eigenvalue weighted by Crippen LogP contribution is -2.34. The van der Waals surface area contributed by atoms with Gasteiger partial charge in [-0.1, -0.05) is 0 Å². The predicted molar refractivity (Wildman–Crippen MR) is 69.0 cm³/mol. The van der Waals surface area contributed by atoms with Gasteiger partial charge < -0.3 is 20.3 Å². The van der Waals surface area contributed by atoms with Crippen LogP contribution in [0.5, 0.6) is 0 Å². The van der Waals surface area contributed by atoms with Crippen LogP contribution in [-0.2, 0) is 16.1 Å². The van der Waals surface area contributed by atoms with Crippen LogP contribution in [0.1, 0.15) is 25.6 Å². The first-order valence-electron chi connectivity index (χ1n) is 6.25. The fraction of sp³-hybridized carbons (Fsp3) is 0.583. The van der Waals surface area contributed by atoms with Gasteiger partial charge in [0.05, 0.1) is 13.2 Å². The Balaban J connectivity index is 2.37. The second-order valence-corrected chi connectivity index (χ2v) is 4.16. The molecule has 0 spiro atoms. The van der Waals surface area contributed by atoms with Crippen molar-refractivity contribution in [3.05, 3.63) is 18.2 Å². The number of H-pyrrole nitrogens is 1. The van der Waals surface area contributed by atoms with Crippen LogP contribution in [-0.4, -0.2) is 51.5 Å². The topological polar surface area (TPSA) is 98.3 Å². The highest BCUT2D eigenvalue weighted by Crippen LogP contribution is 2.03. The normalized spacial score (nSPS) is 10.2. The van der Waals surface area contributed by atoms with Crippen LogP contribution in [0.3, 0.4) is 0 Å². The minimum absolute atomic E-state index is 0.0594. The van der Waals surface area contributed by atoms with Crippen molar-refractivity contribution < 1.29 is 14.7 Å². The third kappa shape index (κ3) is 6.01. The largest absolute Gasteiger partial charge is 0.395 e. The number of nitrogens with zero attached hydrogens (tertiary/aromatic N) is 2. The number of rotatable bonds is 8. The predicted octanol–water partition coefficient (Wildman–Crippen LogP) is -0.353. The van der Waals surface area contributed by atoms with Crippen molar-refractivity contribution in [2.45, 2.75) is 26.3 Å². The van der Waals surface area contributed by atoms with Crippen molar-refractivity contribution in [3.63, 3.8) is 0 Å². The average molecular weight is 268 g/mol. The summed E-state index contributed by atoms with van der Waals surface area (Å²) in [6, 6.07) is 0. The lowest BCUT2D eigenvalue weighted by atomic mass is 10.2. The molecule has 0 unspecified atom stereocenters. The van der Waals surface area contributed by atoms with Crippen LogP contribution in [0.2, 0.25) is 0 Å². The highest BCUT2D eigenvalue weighted by Gasteiger charge is 2.14. The molecule has 0 bridgehead atoms. The van der Waals surface area contributed by atoms with E-state index in [1.54, 1.807) is 17.3 Å². The molecule has 7 nitrogen and oxygen atoms in total. The molecule has 0 aliphatic heterocycles. The molecule has 3 N–H and O–H groups in total. The Bertz CT molecular complexity index is 392. The molecular formula is C12H20N4O3. The molecule has 0 aromatic carbocycles. The van der Waals surface area contributed by atoms with E-state index in [2.05, 4.69) is 15.3 Å². The second kappa shape index (κ2) is 8.25. The van der Waals surface area contributed by atoms with Gasteiger partial charge in [0, 0.05) is 38.8 Å². The Hall–Kier alpha value is -1.89. The number of carbonyl (C=O) groups is 2. The molecule has 0 atom stereocenters. The third-order valence-electron chi connectivity index (χ3n) is 2.56. The SMILES string of the molecule is CC(=O)NCCCC(=O)N(CCO)Cc1ncc[nH]1. The molecular weight excluding hydrogens is 248 g/mol. The van der Waals surface area contributed by atoms with Crippen LogP contribution in [0.4, 0.5) is 0 Å². The number of aliphatic hydroxyl groups excluding tert-OH is 1. The van der Waals surface area contributed by atoms with E-state index in [-0.39, 0.29) is 25.0 Å². The standard InChI is InChI=1S/C12H20N4O3/c1-10(18)13-4-2-3-12(19)16(7-8-17)9-11-14-5-6-15-11/h5-6,17H,2-4,7-9H2,1H3,(H,13,18)(H,14,15). The van der Waals surface area contributed by atoms with Crippen LogP contribution < -0.4 is 5.32 Å². The van der Waals surface area contributed by atoms with Crippen LogP contribution >= 0.6 is 0 Å². The van der Waals surface area contributed by atoms with E-state index >= 15 is 0 Å². The maximum atomic E-state index is 12.0. The molecule has 106 valence electrons. The van der Waals surface area contributed by atoms with Gasteiger partial charge in [-0.15, -0.1) is 0 Å². The van der Waals surface area contributed by atoms with Crippen molar-refractivity contribution in [2.24, 2.45) is 0 Å². The lowest BCUT2D eigenvalue weighted by molar-refractivity contribution is -0.132. The van der Waals surface area contributed by atoms with E-state index < -0.39 is 0 Å². The molecule has 0 aliphatic rings. The van der Waals surface area contributed by atoms with Gasteiger partial charge >= 0.3 is 0 Å². The van der Waals surface area contributed by atoms with Gasteiger partial charge in [0.15, 0.2) is 0 Å². The number of imidazole rings is 1. The molecule has 0 fully saturated rings. The smallest absolute Gasteiger partial charge is 0.223 e. The minimum atomic E-state index is -0.102. The van der Waals surface area contributed by atoms with Gasteiger partial charge in [-0.05, 0) is 6.42 Å². The van der Waals surface area contributed by atoms with Crippen molar-refractivity contribution >= 4 is 11.8 Å². The lowest BCUT2D eigenvalue weighted by Gasteiger charge is -2.20. The fourth-order valence-corrected chi connectivity index (χ4v) is 1.64. The Morgan fingerprint density at radius 1 is 1.53 bits per heavy atom. The quantitative estimate of drug-likeness (QED) is 0.561. The summed E-state index contributed by atoms with van der Waals surface area (Å²) in [7, 11) is 0. The average Bonchev–Trinajstić information content (AvgIpc) is 2.86. The van der Waals surface area contributed by atoms with Crippen molar-refractivity contribution in [2.75, 3.05) is 19.7 Å². The van der Waals surface area contributed by atoms with Gasteiger partial charge in [-0.25, -0.2) is 4.98 Å². The molecule has 2 amide bonds.